The molecule has 0 aromatic carbocycles. The normalized spacial score (nSPS) is 21.9. The summed E-state index contributed by atoms with van der Waals surface area (Å²) < 4.78 is 5.63. The first-order valence-corrected chi connectivity index (χ1v) is 6.50. The summed E-state index contributed by atoms with van der Waals surface area (Å²) in [5, 5.41) is 0. The summed E-state index contributed by atoms with van der Waals surface area (Å²) >= 11 is 3.25. The second-order valence-corrected chi connectivity index (χ2v) is 5.16. The molecule has 0 spiro atoms. The molecule has 0 N–H and O–H groups in total. The zero-order valence-electron chi connectivity index (χ0n) is 9.41. The zero-order chi connectivity index (χ0) is 11.5. The fraction of sp³-hybridized carbons (Fsp3) is 0.583. The Labute approximate surface area is 104 Å². The molecule has 1 atom stereocenters. The first kappa shape index (κ1) is 11.7. The van der Waals surface area contributed by atoms with Crippen LogP contribution in [0.15, 0.2) is 21.4 Å². The van der Waals surface area contributed by atoms with E-state index in [1.165, 1.54) is 12.7 Å². The minimum absolute atomic E-state index is 0.0784. The lowest BCUT2D eigenvalue weighted by Gasteiger charge is -2.19. The third-order valence-electron chi connectivity index (χ3n) is 3.15. The van der Waals surface area contributed by atoms with Gasteiger partial charge in [0.1, 0.15) is 0 Å². The molecule has 0 radical (unpaired) electrons. The maximum absolute atomic E-state index is 12.2. The van der Waals surface area contributed by atoms with E-state index in [0.717, 1.165) is 31.8 Å². The smallest absolute Gasteiger partial charge is 0.258 e. The number of nitrogens with zero attached hydrogens (tertiary/aromatic N) is 1. The van der Waals surface area contributed by atoms with Crippen LogP contribution in [0.1, 0.15) is 36.5 Å². The molecule has 1 aliphatic heterocycles. The molecule has 4 heteroatoms. The Balaban J connectivity index is 2.07. The van der Waals surface area contributed by atoms with Crippen molar-refractivity contribution < 1.29 is 9.21 Å². The van der Waals surface area contributed by atoms with E-state index in [4.69, 9.17) is 4.42 Å². The number of hydrogen-bond donors (Lipinski definition) is 0. The van der Waals surface area contributed by atoms with Crippen LogP contribution in [0, 0.1) is 5.92 Å². The van der Waals surface area contributed by atoms with Crippen LogP contribution in [0.2, 0.25) is 0 Å². The Morgan fingerprint density at radius 1 is 1.50 bits per heavy atom. The molecule has 1 saturated heterocycles. The van der Waals surface area contributed by atoms with E-state index in [1.807, 2.05) is 4.90 Å². The minimum atomic E-state index is 0.0784. The third kappa shape index (κ3) is 2.48. The Kier molecular flexibility index (Phi) is 3.69. The molecule has 1 amide bonds. The fourth-order valence-corrected chi connectivity index (χ4v) is 2.49. The molecule has 1 aromatic heterocycles. The number of furan rings is 1. The Bertz CT molecular complexity index is 375. The van der Waals surface area contributed by atoms with Gasteiger partial charge in [0, 0.05) is 13.1 Å². The van der Waals surface area contributed by atoms with E-state index in [2.05, 4.69) is 22.9 Å². The predicted molar refractivity (Wildman–Crippen MR) is 65.3 cm³/mol. The molecule has 2 rings (SSSR count). The number of carbonyl (C=O) groups is 1. The zero-order valence-corrected chi connectivity index (χ0v) is 11.0. The van der Waals surface area contributed by atoms with Crippen LogP contribution in [-0.2, 0) is 0 Å². The lowest BCUT2D eigenvalue weighted by Crippen LogP contribution is -2.31. The van der Waals surface area contributed by atoms with Crippen molar-refractivity contribution >= 4 is 21.8 Å². The highest BCUT2D eigenvalue weighted by Crippen LogP contribution is 2.22. The van der Waals surface area contributed by atoms with Crippen molar-refractivity contribution in [1.82, 2.24) is 4.90 Å². The monoisotopic (exact) mass is 285 g/mol. The van der Waals surface area contributed by atoms with E-state index in [9.17, 15) is 4.79 Å². The summed E-state index contributed by atoms with van der Waals surface area (Å²) in [6.45, 7) is 3.97. The average molecular weight is 286 g/mol. The van der Waals surface area contributed by atoms with E-state index >= 15 is 0 Å². The van der Waals surface area contributed by atoms with E-state index in [1.54, 1.807) is 6.07 Å². The van der Waals surface area contributed by atoms with Crippen LogP contribution in [0.4, 0.5) is 0 Å². The molecule has 1 aromatic rings. The number of halogens is 1. The van der Waals surface area contributed by atoms with Gasteiger partial charge in [-0.1, -0.05) is 6.92 Å². The standard InChI is InChI=1S/C12H16BrNO2/c1-9-3-2-6-14(7-4-9)12(15)10-5-8-16-11(10)13/h5,8-9H,2-4,6-7H2,1H3. The highest BCUT2D eigenvalue weighted by Gasteiger charge is 2.22. The minimum Gasteiger partial charge on any atom is -0.457 e. The van der Waals surface area contributed by atoms with Gasteiger partial charge in [0.15, 0.2) is 4.67 Å². The number of rotatable bonds is 1. The summed E-state index contributed by atoms with van der Waals surface area (Å²) in [4.78, 5) is 14.1. The molecule has 0 aliphatic carbocycles. The molecule has 0 bridgehead atoms. The van der Waals surface area contributed by atoms with Crippen molar-refractivity contribution in [3.63, 3.8) is 0 Å². The number of amides is 1. The van der Waals surface area contributed by atoms with E-state index in [0.29, 0.717) is 10.2 Å². The summed E-state index contributed by atoms with van der Waals surface area (Å²) in [5.41, 5.74) is 0.634. The second-order valence-electron chi connectivity index (χ2n) is 4.44. The molecule has 1 aliphatic rings. The molecular weight excluding hydrogens is 270 g/mol. The topological polar surface area (TPSA) is 33.5 Å². The summed E-state index contributed by atoms with van der Waals surface area (Å²) in [7, 11) is 0. The van der Waals surface area contributed by atoms with Crippen LogP contribution in [0.3, 0.4) is 0 Å². The van der Waals surface area contributed by atoms with Crippen molar-refractivity contribution in [2.75, 3.05) is 13.1 Å². The summed E-state index contributed by atoms with van der Waals surface area (Å²) in [6.07, 6.45) is 4.96. The Morgan fingerprint density at radius 2 is 2.31 bits per heavy atom. The molecule has 0 saturated carbocycles. The van der Waals surface area contributed by atoms with Crippen LogP contribution in [0.5, 0.6) is 0 Å². The fourth-order valence-electron chi connectivity index (χ4n) is 2.08. The molecule has 1 unspecified atom stereocenters. The van der Waals surface area contributed by atoms with Crippen LogP contribution in [0.25, 0.3) is 0 Å². The van der Waals surface area contributed by atoms with Crippen molar-refractivity contribution in [2.24, 2.45) is 5.92 Å². The summed E-state index contributed by atoms with van der Waals surface area (Å²) in [5.74, 6) is 0.806. The molecule has 2 heterocycles. The number of hydrogen-bond acceptors (Lipinski definition) is 2. The van der Waals surface area contributed by atoms with Crippen LogP contribution in [-0.4, -0.2) is 23.9 Å². The van der Waals surface area contributed by atoms with Crippen molar-refractivity contribution in [2.45, 2.75) is 26.2 Å². The maximum Gasteiger partial charge on any atom is 0.258 e. The van der Waals surface area contributed by atoms with Gasteiger partial charge in [-0.3, -0.25) is 4.79 Å². The highest BCUT2D eigenvalue weighted by atomic mass is 79.9. The number of likely N-dealkylation sites (tertiary alicyclic amines) is 1. The molecule has 3 nitrogen and oxygen atoms in total. The first-order chi connectivity index (χ1) is 7.68. The number of carbonyl (C=O) groups excluding carboxylic acids is 1. The largest absolute Gasteiger partial charge is 0.457 e. The van der Waals surface area contributed by atoms with Crippen LogP contribution < -0.4 is 0 Å². The Morgan fingerprint density at radius 3 is 3.00 bits per heavy atom. The van der Waals surface area contributed by atoms with Crippen molar-refractivity contribution in [3.05, 3.63) is 22.6 Å². The van der Waals surface area contributed by atoms with Gasteiger partial charge in [0.25, 0.3) is 5.91 Å². The van der Waals surface area contributed by atoms with Gasteiger partial charge in [0.05, 0.1) is 11.8 Å². The predicted octanol–water partition coefficient (Wildman–Crippen LogP) is 3.30. The first-order valence-electron chi connectivity index (χ1n) is 5.70. The van der Waals surface area contributed by atoms with Crippen LogP contribution >= 0.6 is 15.9 Å². The molecule has 1 fully saturated rings. The van der Waals surface area contributed by atoms with E-state index < -0.39 is 0 Å². The van der Waals surface area contributed by atoms with Gasteiger partial charge >= 0.3 is 0 Å². The van der Waals surface area contributed by atoms with Gasteiger partial charge in [-0.2, -0.15) is 0 Å². The van der Waals surface area contributed by atoms with Crippen molar-refractivity contribution in [3.8, 4) is 0 Å². The summed E-state index contributed by atoms with van der Waals surface area (Å²) in [6, 6.07) is 1.72. The highest BCUT2D eigenvalue weighted by molar-refractivity contribution is 9.10. The van der Waals surface area contributed by atoms with Gasteiger partial charge in [-0.25, -0.2) is 0 Å². The van der Waals surface area contributed by atoms with Crippen molar-refractivity contribution in [1.29, 1.82) is 0 Å². The second kappa shape index (κ2) is 5.04. The molecular formula is C12H16BrNO2. The van der Waals surface area contributed by atoms with Gasteiger partial charge in [-0.15, -0.1) is 0 Å². The van der Waals surface area contributed by atoms with Gasteiger partial charge < -0.3 is 9.32 Å². The van der Waals surface area contributed by atoms with Gasteiger partial charge in [-0.05, 0) is 47.2 Å². The lowest BCUT2D eigenvalue weighted by atomic mass is 10.0. The lowest BCUT2D eigenvalue weighted by molar-refractivity contribution is 0.0758. The van der Waals surface area contributed by atoms with E-state index in [-0.39, 0.29) is 5.91 Å². The third-order valence-corrected chi connectivity index (χ3v) is 3.77. The average Bonchev–Trinajstić information content (AvgIpc) is 2.56. The SMILES string of the molecule is CC1CCCN(C(=O)c2ccoc2Br)CC1. The Hall–Kier alpha value is -0.770. The van der Waals surface area contributed by atoms with Gasteiger partial charge in [0.2, 0.25) is 0 Å². The quantitative estimate of drug-likeness (QED) is 0.793. The molecule has 16 heavy (non-hydrogen) atoms. The molecule has 88 valence electrons. The maximum atomic E-state index is 12.2.